The number of anilines is 1. The van der Waals surface area contributed by atoms with Gasteiger partial charge < -0.3 is 15.1 Å². The van der Waals surface area contributed by atoms with E-state index in [1.54, 1.807) is 0 Å². The number of benzene rings is 1. The molecule has 3 heterocycles. The van der Waals surface area contributed by atoms with Gasteiger partial charge in [0.1, 0.15) is 16.2 Å². The van der Waals surface area contributed by atoms with Crippen LogP contribution in [-0.2, 0) is 15.1 Å². The number of carbonyl (C=O) groups is 2. The van der Waals surface area contributed by atoms with Gasteiger partial charge in [-0.1, -0.05) is 30.3 Å². The largest absolute Gasteiger partial charge is 0.619 e. The fourth-order valence-electron chi connectivity index (χ4n) is 4.16. The Morgan fingerprint density at radius 2 is 1.94 bits per heavy atom. The number of carbonyl (C=O) groups excluding carboxylic acids is 2. The maximum Gasteiger partial charge on any atom is 0.339 e. The number of nitrogens with zero attached hydrogens (tertiary/aromatic N) is 3. The number of hydrogen-bond donors (Lipinski definition) is 2. The van der Waals surface area contributed by atoms with Crippen LogP contribution in [0.3, 0.4) is 0 Å². The number of nitrogens with one attached hydrogen (secondary N) is 1. The van der Waals surface area contributed by atoms with Crippen LogP contribution in [0.2, 0.25) is 0 Å². The first kappa shape index (κ1) is 19.6. The Balaban J connectivity index is 1.30. The van der Waals surface area contributed by atoms with Crippen molar-refractivity contribution in [1.29, 1.82) is 0 Å². The number of rotatable bonds is 3. The van der Waals surface area contributed by atoms with Crippen molar-refractivity contribution in [1.82, 2.24) is 9.36 Å². The van der Waals surface area contributed by atoms with E-state index in [1.807, 2.05) is 30.3 Å². The summed E-state index contributed by atoms with van der Waals surface area (Å²) in [5, 5.41) is 25.9. The van der Waals surface area contributed by atoms with Crippen LogP contribution in [0.1, 0.15) is 41.6 Å². The summed E-state index contributed by atoms with van der Waals surface area (Å²) in [6.45, 7) is 0. The first-order chi connectivity index (χ1) is 14.9. The highest BCUT2D eigenvalue weighted by molar-refractivity contribution is 7.09. The van der Waals surface area contributed by atoms with Crippen LogP contribution in [0.25, 0.3) is 10.6 Å². The van der Waals surface area contributed by atoms with Crippen LogP contribution in [0.15, 0.2) is 48.8 Å². The van der Waals surface area contributed by atoms with E-state index in [2.05, 4.69) is 14.7 Å². The summed E-state index contributed by atoms with van der Waals surface area (Å²) < 4.78 is 10.4. The molecule has 0 radical (unpaired) electrons. The lowest BCUT2D eigenvalue weighted by molar-refractivity contribution is -0.606. The molecule has 2 aromatic heterocycles. The third-order valence-corrected chi connectivity index (χ3v) is 6.68. The Morgan fingerprint density at radius 3 is 2.68 bits per heavy atom. The smallest absolute Gasteiger partial charge is 0.339 e. The van der Waals surface area contributed by atoms with Crippen molar-refractivity contribution in [3.8, 4) is 10.6 Å². The predicted molar refractivity (Wildman–Crippen MR) is 110 cm³/mol. The van der Waals surface area contributed by atoms with Gasteiger partial charge in [-0.2, -0.15) is 14.1 Å². The van der Waals surface area contributed by atoms with Crippen molar-refractivity contribution in [2.24, 2.45) is 0 Å². The van der Waals surface area contributed by atoms with Gasteiger partial charge in [0.05, 0.1) is 11.1 Å². The predicted octanol–water partition coefficient (Wildman–Crippen LogP) is 2.15. The van der Waals surface area contributed by atoms with Gasteiger partial charge in [-0.05, 0) is 37.2 Å². The number of aromatic nitrogens is 3. The number of fused-ring (bicyclic) bond motifs is 2. The van der Waals surface area contributed by atoms with E-state index in [0.717, 1.165) is 17.1 Å². The highest BCUT2D eigenvalue weighted by Gasteiger charge is 2.54. The first-order valence-electron chi connectivity index (χ1n) is 9.78. The maximum absolute atomic E-state index is 12.8. The molecule has 1 aliphatic carbocycles. The average Bonchev–Trinajstić information content (AvgIpc) is 3.34. The molecule has 1 aromatic carbocycles. The Hall–Kier alpha value is -3.37. The van der Waals surface area contributed by atoms with Gasteiger partial charge in [-0.25, -0.2) is 4.79 Å². The number of aliphatic hydroxyl groups is 1. The lowest BCUT2D eigenvalue weighted by Crippen LogP contribution is -2.49. The summed E-state index contributed by atoms with van der Waals surface area (Å²) in [5.41, 5.74) is -0.906. The normalized spacial score (nSPS) is 24.6. The molecule has 9 nitrogen and oxygen atoms in total. The Morgan fingerprint density at radius 1 is 1.19 bits per heavy atom. The Bertz CT molecular complexity index is 1170. The lowest BCUT2D eigenvalue weighted by Gasteiger charge is -2.39. The van der Waals surface area contributed by atoms with E-state index < -0.39 is 23.1 Å². The molecule has 1 fully saturated rings. The van der Waals surface area contributed by atoms with Crippen LogP contribution in [0.5, 0.6) is 0 Å². The number of esters is 1. The molecule has 0 saturated heterocycles. The van der Waals surface area contributed by atoms with Gasteiger partial charge in [0.25, 0.3) is 5.91 Å². The first-order valence-corrected chi connectivity index (χ1v) is 10.6. The van der Waals surface area contributed by atoms with Gasteiger partial charge in [0, 0.05) is 11.6 Å². The SMILES string of the molecule is O=C1OC2(CCC(O)(C(=O)Nc3nsc(-c4ccccc4)n3)CC2)c2c[n+]([O-])ccc21. The average molecular weight is 438 g/mol. The number of pyridine rings is 1. The van der Waals surface area contributed by atoms with Crippen molar-refractivity contribution in [2.45, 2.75) is 36.9 Å². The fourth-order valence-corrected chi connectivity index (χ4v) is 4.79. The van der Waals surface area contributed by atoms with E-state index in [4.69, 9.17) is 4.74 Å². The van der Waals surface area contributed by atoms with Gasteiger partial charge in [0.2, 0.25) is 5.95 Å². The molecule has 1 saturated carbocycles. The van der Waals surface area contributed by atoms with Crippen LogP contribution in [-0.4, -0.2) is 31.9 Å². The summed E-state index contributed by atoms with van der Waals surface area (Å²) in [7, 11) is 0. The molecule has 1 spiro atoms. The molecule has 1 amide bonds. The second-order valence-electron chi connectivity index (χ2n) is 7.79. The standard InChI is InChI=1S/C21H18N4O5S/c26-17-14-6-11-25(29)12-15(14)21(30-17)9-7-20(28,8-10-21)18(27)23-19-22-16(31-24-19)13-4-2-1-3-5-13/h1-6,11-12,28H,7-10H2,(H,23,24,27). The highest BCUT2D eigenvalue weighted by atomic mass is 32.1. The summed E-state index contributed by atoms with van der Waals surface area (Å²) in [5.74, 6) is -0.963. The zero-order valence-electron chi connectivity index (χ0n) is 16.3. The minimum atomic E-state index is -1.65. The van der Waals surface area contributed by atoms with E-state index in [9.17, 15) is 19.9 Å². The summed E-state index contributed by atoms with van der Waals surface area (Å²) in [6.07, 6.45) is 3.15. The lowest BCUT2D eigenvalue weighted by atomic mass is 9.73. The fraction of sp³-hybridized carbons (Fsp3) is 0.286. The third kappa shape index (κ3) is 3.33. The Kier molecular flexibility index (Phi) is 4.49. The van der Waals surface area contributed by atoms with Crippen molar-refractivity contribution in [3.05, 3.63) is 65.1 Å². The molecule has 1 aliphatic heterocycles. The minimum Gasteiger partial charge on any atom is -0.619 e. The topological polar surface area (TPSA) is 128 Å². The van der Waals surface area contributed by atoms with Crippen LogP contribution in [0.4, 0.5) is 5.95 Å². The Labute approximate surface area is 181 Å². The maximum atomic E-state index is 12.8. The molecular weight excluding hydrogens is 420 g/mol. The summed E-state index contributed by atoms with van der Waals surface area (Å²) in [4.78, 5) is 29.3. The molecule has 0 atom stereocenters. The molecule has 10 heteroatoms. The highest BCUT2D eigenvalue weighted by Crippen LogP contribution is 2.48. The van der Waals surface area contributed by atoms with Gasteiger partial charge in [-0.15, -0.1) is 0 Å². The quantitative estimate of drug-likeness (QED) is 0.364. The molecule has 0 bridgehead atoms. The molecule has 2 aliphatic rings. The summed E-state index contributed by atoms with van der Waals surface area (Å²) in [6, 6.07) is 10.9. The summed E-state index contributed by atoms with van der Waals surface area (Å²) >= 11 is 1.15. The molecular formula is C21H18N4O5S. The molecule has 3 aromatic rings. The number of ether oxygens (including phenoxy) is 1. The monoisotopic (exact) mass is 438 g/mol. The molecule has 5 rings (SSSR count). The second kappa shape index (κ2) is 7.10. The van der Waals surface area contributed by atoms with E-state index in [-0.39, 0.29) is 31.6 Å². The molecule has 158 valence electrons. The molecule has 0 unspecified atom stereocenters. The van der Waals surface area contributed by atoms with Crippen molar-refractivity contribution < 1.29 is 24.2 Å². The van der Waals surface area contributed by atoms with E-state index >= 15 is 0 Å². The second-order valence-corrected chi connectivity index (χ2v) is 8.54. The van der Waals surface area contributed by atoms with Crippen molar-refractivity contribution >= 4 is 29.4 Å². The number of hydrogen-bond acceptors (Lipinski definition) is 8. The van der Waals surface area contributed by atoms with Crippen molar-refractivity contribution in [3.63, 3.8) is 0 Å². The number of amides is 1. The van der Waals surface area contributed by atoms with E-state index in [1.165, 1.54) is 18.5 Å². The van der Waals surface area contributed by atoms with Gasteiger partial charge in [0.15, 0.2) is 12.4 Å². The van der Waals surface area contributed by atoms with Crippen molar-refractivity contribution in [2.75, 3.05) is 5.32 Å². The third-order valence-electron chi connectivity index (χ3n) is 5.91. The van der Waals surface area contributed by atoms with Crippen LogP contribution in [0, 0.1) is 5.21 Å². The van der Waals surface area contributed by atoms with Gasteiger partial charge in [-0.3, -0.25) is 10.1 Å². The van der Waals surface area contributed by atoms with Crippen LogP contribution < -0.4 is 10.0 Å². The molecule has 2 N–H and O–H groups in total. The minimum absolute atomic E-state index is 0.0645. The van der Waals surface area contributed by atoms with Crippen LogP contribution >= 0.6 is 11.5 Å². The molecule has 31 heavy (non-hydrogen) atoms. The zero-order valence-corrected chi connectivity index (χ0v) is 17.1. The van der Waals surface area contributed by atoms with Gasteiger partial charge >= 0.3 is 5.97 Å². The zero-order chi connectivity index (χ0) is 21.6. The van der Waals surface area contributed by atoms with E-state index in [0.29, 0.717) is 20.9 Å².